The van der Waals surface area contributed by atoms with Crippen LogP contribution in [0.3, 0.4) is 0 Å². The number of nitrogens with one attached hydrogen (secondary N) is 1. The van der Waals surface area contributed by atoms with Crippen molar-refractivity contribution in [1.29, 1.82) is 0 Å². The van der Waals surface area contributed by atoms with Crippen LogP contribution in [-0.4, -0.2) is 18.0 Å². The van der Waals surface area contributed by atoms with Crippen molar-refractivity contribution in [2.45, 2.75) is 59.0 Å². The second-order valence-corrected chi connectivity index (χ2v) is 5.87. The minimum absolute atomic E-state index is 0.00116. The van der Waals surface area contributed by atoms with E-state index in [1.807, 2.05) is 20.8 Å². The van der Waals surface area contributed by atoms with Gasteiger partial charge in [0.25, 0.3) is 0 Å². The number of nitrogens with two attached hydrogens (primary N) is 1. The summed E-state index contributed by atoms with van der Waals surface area (Å²) in [6.45, 7) is 8.18. The van der Waals surface area contributed by atoms with Gasteiger partial charge in [-0.3, -0.25) is 4.79 Å². The Labute approximate surface area is 92.8 Å². The second-order valence-electron chi connectivity index (χ2n) is 5.87. The van der Waals surface area contributed by atoms with Crippen LogP contribution in [0.4, 0.5) is 0 Å². The highest BCUT2D eigenvalue weighted by Gasteiger charge is 2.31. The van der Waals surface area contributed by atoms with Crippen molar-refractivity contribution in [2.24, 2.45) is 17.1 Å². The SMILES string of the molecule is CC1CCCC1NC(=O)[C@@H](N)C(C)(C)C. The van der Waals surface area contributed by atoms with E-state index in [2.05, 4.69) is 12.2 Å². The third kappa shape index (κ3) is 3.20. The van der Waals surface area contributed by atoms with Gasteiger partial charge in [-0.15, -0.1) is 0 Å². The largest absolute Gasteiger partial charge is 0.352 e. The monoisotopic (exact) mass is 212 g/mol. The van der Waals surface area contributed by atoms with Gasteiger partial charge in [0.2, 0.25) is 5.91 Å². The predicted octanol–water partition coefficient (Wildman–Crippen LogP) is 1.66. The summed E-state index contributed by atoms with van der Waals surface area (Å²) < 4.78 is 0. The van der Waals surface area contributed by atoms with Gasteiger partial charge in [-0.2, -0.15) is 0 Å². The summed E-state index contributed by atoms with van der Waals surface area (Å²) in [5.41, 5.74) is 5.74. The van der Waals surface area contributed by atoms with E-state index >= 15 is 0 Å². The summed E-state index contributed by atoms with van der Waals surface area (Å²) in [6.07, 6.45) is 3.54. The number of rotatable bonds is 2. The number of amides is 1. The van der Waals surface area contributed by atoms with Gasteiger partial charge < -0.3 is 11.1 Å². The first kappa shape index (κ1) is 12.5. The Balaban J connectivity index is 2.48. The Kier molecular flexibility index (Phi) is 3.77. The van der Waals surface area contributed by atoms with Gasteiger partial charge in [0.05, 0.1) is 6.04 Å². The minimum atomic E-state index is -0.412. The molecular formula is C12H24N2O. The van der Waals surface area contributed by atoms with Gasteiger partial charge in [-0.05, 0) is 24.2 Å². The number of carbonyl (C=O) groups excluding carboxylic acids is 1. The van der Waals surface area contributed by atoms with E-state index in [-0.39, 0.29) is 11.3 Å². The zero-order valence-corrected chi connectivity index (χ0v) is 10.3. The maximum Gasteiger partial charge on any atom is 0.237 e. The molecule has 1 rings (SSSR count). The average Bonchev–Trinajstić information content (AvgIpc) is 2.49. The van der Waals surface area contributed by atoms with Crippen molar-refractivity contribution in [3.8, 4) is 0 Å². The van der Waals surface area contributed by atoms with Gasteiger partial charge in [0, 0.05) is 6.04 Å². The topological polar surface area (TPSA) is 55.1 Å². The molecule has 0 aromatic carbocycles. The Bertz CT molecular complexity index is 232. The fraction of sp³-hybridized carbons (Fsp3) is 0.917. The molecule has 1 aliphatic carbocycles. The highest BCUT2D eigenvalue weighted by Crippen LogP contribution is 2.25. The van der Waals surface area contributed by atoms with Crippen LogP contribution in [0.1, 0.15) is 47.0 Å². The fourth-order valence-corrected chi connectivity index (χ4v) is 2.03. The third-order valence-electron chi connectivity index (χ3n) is 3.40. The van der Waals surface area contributed by atoms with Crippen LogP contribution in [0, 0.1) is 11.3 Å². The van der Waals surface area contributed by atoms with Crippen molar-refractivity contribution >= 4 is 5.91 Å². The van der Waals surface area contributed by atoms with Crippen LogP contribution in [0.2, 0.25) is 0 Å². The van der Waals surface area contributed by atoms with E-state index in [0.717, 1.165) is 6.42 Å². The lowest BCUT2D eigenvalue weighted by Gasteiger charge is -2.28. The van der Waals surface area contributed by atoms with Crippen molar-refractivity contribution in [1.82, 2.24) is 5.32 Å². The molecule has 0 spiro atoms. The van der Waals surface area contributed by atoms with E-state index in [1.165, 1.54) is 12.8 Å². The molecule has 1 fully saturated rings. The van der Waals surface area contributed by atoms with Gasteiger partial charge in [0.1, 0.15) is 0 Å². The fourth-order valence-electron chi connectivity index (χ4n) is 2.03. The Hall–Kier alpha value is -0.570. The van der Waals surface area contributed by atoms with E-state index < -0.39 is 6.04 Å². The zero-order valence-electron chi connectivity index (χ0n) is 10.3. The number of hydrogen-bond acceptors (Lipinski definition) is 2. The number of hydrogen-bond donors (Lipinski definition) is 2. The Morgan fingerprint density at radius 2 is 2.00 bits per heavy atom. The summed E-state index contributed by atoms with van der Waals surface area (Å²) in [7, 11) is 0. The lowest BCUT2D eigenvalue weighted by atomic mass is 9.86. The highest BCUT2D eigenvalue weighted by molar-refractivity contribution is 5.82. The Morgan fingerprint density at radius 1 is 1.40 bits per heavy atom. The van der Waals surface area contributed by atoms with E-state index in [1.54, 1.807) is 0 Å². The molecule has 3 heteroatoms. The molecule has 0 aromatic heterocycles. The first-order valence-corrected chi connectivity index (χ1v) is 5.88. The molecule has 3 N–H and O–H groups in total. The van der Waals surface area contributed by atoms with Gasteiger partial charge in [-0.1, -0.05) is 34.1 Å². The highest BCUT2D eigenvalue weighted by atomic mass is 16.2. The molecule has 1 saturated carbocycles. The van der Waals surface area contributed by atoms with E-state index in [0.29, 0.717) is 12.0 Å². The molecule has 0 aromatic rings. The molecule has 2 unspecified atom stereocenters. The Morgan fingerprint density at radius 3 is 2.40 bits per heavy atom. The molecule has 3 nitrogen and oxygen atoms in total. The van der Waals surface area contributed by atoms with E-state index in [9.17, 15) is 4.79 Å². The van der Waals surface area contributed by atoms with Crippen LogP contribution < -0.4 is 11.1 Å². The van der Waals surface area contributed by atoms with Crippen molar-refractivity contribution in [2.75, 3.05) is 0 Å². The summed E-state index contributed by atoms with van der Waals surface area (Å²) in [5, 5.41) is 3.07. The normalized spacial score (nSPS) is 28.9. The molecular weight excluding hydrogens is 188 g/mol. The quantitative estimate of drug-likeness (QED) is 0.731. The maximum absolute atomic E-state index is 11.9. The van der Waals surface area contributed by atoms with Gasteiger partial charge in [0.15, 0.2) is 0 Å². The van der Waals surface area contributed by atoms with Crippen molar-refractivity contribution < 1.29 is 4.79 Å². The molecule has 0 radical (unpaired) electrons. The molecule has 0 saturated heterocycles. The molecule has 88 valence electrons. The second kappa shape index (κ2) is 4.52. The van der Waals surface area contributed by atoms with Crippen LogP contribution in [-0.2, 0) is 4.79 Å². The minimum Gasteiger partial charge on any atom is -0.352 e. The lowest BCUT2D eigenvalue weighted by molar-refractivity contribution is -0.125. The third-order valence-corrected chi connectivity index (χ3v) is 3.40. The zero-order chi connectivity index (χ0) is 11.6. The molecule has 0 heterocycles. The standard InChI is InChI=1S/C12H24N2O/c1-8-6-5-7-9(8)14-11(15)10(13)12(2,3)4/h8-10H,5-7,13H2,1-4H3,(H,14,15)/t8?,9?,10-/m1/s1. The summed E-state index contributed by atoms with van der Waals surface area (Å²) >= 11 is 0. The molecule has 15 heavy (non-hydrogen) atoms. The van der Waals surface area contributed by atoms with Gasteiger partial charge in [-0.25, -0.2) is 0 Å². The number of carbonyl (C=O) groups is 1. The summed E-state index contributed by atoms with van der Waals surface area (Å²) in [4.78, 5) is 11.9. The van der Waals surface area contributed by atoms with Crippen LogP contribution in [0.5, 0.6) is 0 Å². The summed E-state index contributed by atoms with van der Waals surface area (Å²) in [6, 6.07) is -0.0730. The smallest absolute Gasteiger partial charge is 0.237 e. The van der Waals surface area contributed by atoms with Crippen LogP contribution in [0.25, 0.3) is 0 Å². The van der Waals surface area contributed by atoms with Crippen LogP contribution >= 0.6 is 0 Å². The summed E-state index contributed by atoms with van der Waals surface area (Å²) in [5.74, 6) is 0.599. The first-order valence-electron chi connectivity index (χ1n) is 5.88. The predicted molar refractivity (Wildman–Crippen MR) is 62.4 cm³/mol. The molecule has 0 aliphatic heterocycles. The average molecular weight is 212 g/mol. The van der Waals surface area contributed by atoms with Gasteiger partial charge >= 0.3 is 0 Å². The molecule has 1 amide bonds. The lowest BCUT2D eigenvalue weighted by Crippen LogP contribution is -2.51. The molecule has 0 bridgehead atoms. The maximum atomic E-state index is 11.9. The first-order chi connectivity index (χ1) is 6.82. The molecule has 1 aliphatic rings. The van der Waals surface area contributed by atoms with Crippen molar-refractivity contribution in [3.05, 3.63) is 0 Å². The van der Waals surface area contributed by atoms with E-state index in [4.69, 9.17) is 5.73 Å². The van der Waals surface area contributed by atoms with Crippen molar-refractivity contribution in [3.63, 3.8) is 0 Å². The van der Waals surface area contributed by atoms with Crippen LogP contribution in [0.15, 0.2) is 0 Å². The molecule has 3 atom stereocenters.